The molecule has 152 valence electrons. The van der Waals surface area contributed by atoms with E-state index in [1.807, 2.05) is 18.2 Å². The van der Waals surface area contributed by atoms with Gasteiger partial charge in [0.1, 0.15) is 5.82 Å². The normalized spacial score (nSPS) is 11.0. The Morgan fingerprint density at radius 3 is 2.63 bits per heavy atom. The molecule has 0 atom stereocenters. The zero-order chi connectivity index (χ0) is 20.9. The fourth-order valence-corrected chi connectivity index (χ4v) is 3.74. The summed E-state index contributed by atoms with van der Waals surface area (Å²) in [6.45, 7) is 3.46. The summed E-state index contributed by atoms with van der Waals surface area (Å²) >= 11 is 5.97. The van der Waals surface area contributed by atoms with Crippen LogP contribution in [0.1, 0.15) is 33.7 Å². The fraction of sp³-hybridized carbons (Fsp3) is 0.200. The third-order valence-corrected chi connectivity index (χ3v) is 5.38. The summed E-state index contributed by atoms with van der Waals surface area (Å²) in [5.41, 5.74) is 5.22. The van der Waals surface area contributed by atoms with Gasteiger partial charge >= 0.3 is 0 Å². The number of para-hydroxylation sites is 2. The lowest BCUT2D eigenvalue weighted by atomic mass is 10.1. The lowest BCUT2D eigenvalue weighted by Crippen LogP contribution is -2.25. The van der Waals surface area contributed by atoms with E-state index >= 15 is 0 Å². The number of carbonyl (C=O) groups excluding carboxylic acids is 1. The monoisotopic (exact) mass is 417 g/mol. The van der Waals surface area contributed by atoms with E-state index in [1.165, 1.54) is 11.1 Å². The Labute approximate surface area is 181 Å². The van der Waals surface area contributed by atoms with E-state index in [2.05, 4.69) is 47.1 Å². The SMILES string of the molecule is Cc1ccc(Cn2c(CCCNC(=O)c3cccc(Cl)c3)nc3ccccc32)cc1. The summed E-state index contributed by atoms with van der Waals surface area (Å²) < 4.78 is 2.28. The van der Waals surface area contributed by atoms with Gasteiger partial charge < -0.3 is 9.88 Å². The van der Waals surface area contributed by atoms with Crippen LogP contribution in [0.3, 0.4) is 0 Å². The average molecular weight is 418 g/mol. The highest BCUT2D eigenvalue weighted by Gasteiger charge is 2.11. The van der Waals surface area contributed by atoms with Gasteiger partial charge in [0.15, 0.2) is 0 Å². The van der Waals surface area contributed by atoms with Crippen molar-refractivity contribution in [3.8, 4) is 0 Å². The first-order chi connectivity index (χ1) is 14.6. The molecule has 1 aromatic heterocycles. The number of aromatic nitrogens is 2. The lowest BCUT2D eigenvalue weighted by molar-refractivity contribution is 0.0953. The third kappa shape index (κ3) is 4.71. The first-order valence-electron chi connectivity index (χ1n) is 10.1. The van der Waals surface area contributed by atoms with Gasteiger partial charge in [0.05, 0.1) is 11.0 Å². The minimum absolute atomic E-state index is 0.106. The fourth-order valence-electron chi connectivity index (χ4n) is 3.55. The summed E-state index contributed by atoms with van der Waals surface area (Å²) in [5.74, 6) is 0.930. The number of aryl methyl sites for hydroxylation is 2. The number of imidazole rings is 1. The molecule has 4 nitrogen and oxygen atoms in total. The van der Waals surface area contributed by atoms with Crippen molar-refractivity contribution in [3.05, 3.63) is 100 Å². The van der Waals surface area contributed by atoms with Crippen LogP contribution in [0.2, 0.25) is 5.02 Å². The Morgan fingerprint density at radius 2 is 1.83 bits per heavy atom. The first-order valence-corrected chi connectivity index (χ1v) is 10.5. The number of halogens is 1. The Morgan fingerprint density at radius 1 is 1.03 bits per heavy atom. The standard InChI is InChI=1S/C25H24ClN3O/c1-18-11-13-19(14-12-18)17-29-23-9-3-2-8-22(23)28-24(29)10-5-15-27-25(30)20-6-4-7-21(26)16-20/h2-4,6-9,11-14,16H,5,10,15,17H2,1H3,(H,27,30). The predicted octanol–water partition coefficient (Wildman–Crippen LogP) is 5.41. The summed E-state index contributed by atoms with van der Waals surface area (Å²) in [5, 5.41) is 3.53. The van der Waals surface area contributed by atoms with E-state index in [0.29, 0.717) is 17.1 Å². The summed E-state index contributed by atoms with van der Waals surface area (Å²) in [6, 6.07) is 23.8. The van der Waals surface area contributed by atoms with Gasteiger partial charge in [-0.05, 0) is 49.2 Å². The molecule has 0 saturated carbocycles. The van der Waals surface area contributed by atoms with E-state index in [1.54, 1.807) is 24.3 Å². The molecule has 4 aromatic rings. The molecule has 0 aliphatic rings. The maximum absolute atomic E-state index is 12.3. The molecule has 1 heterocycles. The molecular formula is C25H24ClN3O. The van der Waals surface area contributed by atoms with Gasteiger partial charge in [-0.3, -0.25) is 4.79 Å². The highest BCUT2D eigenvalue weighted by atomic mass is 35.5. The second kappa shape index (κ2) is 9.14. The zero-order valence-electron chi connectivity index (χ0n) is 16.9. The molecule has 0 aliphatic carbocycles. The van der Waals surface area contributed by atoms with Crippen molar-refractivity contribution in [1.82, 2.24) is 14.9 Å². The number of nitrogens with zero attached hydrogens (tertiary/aromatic N) is 2. The van der Waals surface area contributed by atoms with Crippen molar-refractivity contribution >= 4 is 28.5 Å². The number of fused-ring (bicyclic) bond motifs is 1. The summed E-state index contributed by atoms with van der Waals surface area (Å²) in [6.07, 6.45) is 1.60. The molecule has 1 N–H and O–H groups in total. The Kier molecular flexibility index (Phi) is 6.15. The zero-order valence-corrected chi connectivity index (χ0v) is 17.7. The van der Waals surface area contributed by atoms with Gasteiger partial charge in [-0.15, -0.1) is 0 Å². The Hall–Kier alpha value is -3.11. The minimum atomic E-state index is -0.106. The van der Waals surface area contributed by atoms with Crippen LogP contribution >= 0.6 is 11.6 Å². The van der Waals surface area contributed by atoms with Crippen LogP contribution in [-0.2, 0) is 13.0 Å². The number of carbonyl (C=O) groups is 1. The second-order valence-electron chi connectivity index (χ2n) is 7.46. The molecule has 0 radical (unpaired) electrons. The molecule has 3 aromatic carbocycles. The maximum atomic E-state index is 12.3. The third-order valence-electron chi connectivity index (χ3n) is 5.14. The van der Waals surface area contributed by atoms with Crippen molar-refractivity contribution in [2.75, 3.05) is 6.54 Å². The van der Waals surface area contributed by atoms with Crippen molar-refractivity contribution in [2.24, 2.45) is 0 Å². The molecular weight excluding hydrogens is 394 g/mol. The maximum Gasteiger partial charge on any atom is 0.251 e. The molecule has 0 spiro atoms. The number of rotatable bonds is 7. The van der Waals surface area contributed by atoms with E-state index in [-0.39, 0.29) is 5.91 Å². The van der Waals surface area contributed by atoms with Crippen LogP contribution < -0.4 is 5.32 Å². The second-order valence-corrected chi connectivity index (χ2v) is 7.89. The molecule has 0 aliphatic heterocycles. The van der Waals surface area contributed by atoms with E-state index < -0.39 is 0 Å². The smallest absolute Gasteiger partial charge is 0.251 e. The molecule has 4 rings (SSSR count). The predicted molar refractivity (Wildman–Crippen MR) is 122 cm³/mol. The number of benzene rings is 3. The molecule has 0 saturated heterocycles. The molecule has 1 amide bonds. The summed E-state index contributed by atoms with van der Waals surface area (Å²) in [4.78, 5) is 17.1. The number of amides is 1. The van der Waals surface area contributed by atoms with Crippen LogP contribution in [0.25, 0.3) is 11.0 Å². The minimum Gasteiger partial charge on any atom is -0.352 e. The number of hydrogen-bond acceptors (Lipinski definition) is 2. The summed E-state index contributed by atoms with van der Waals surface area (Å²) in [7, 11) is 0. The van der Waals surface area contributed by atoms with Crippen LogP contribution in [0.4, 0.5) is 0 Å². The molecule has 0 unspecified atom stereocenters. The van der Waals surface area contributed by atoms with Crippen LogP contribution in [0.15, 0.2) is 72.8 Å². The molecule has 30 heavy (non-hydrogen) atoms. The topological polar surface area (TPSA) is 46.9 Å². The molecule has 0 fully saturated rings. The van der Waals surface area contributed by atoms with Gasteiger partial charge in [-0.2, -0.15) is 0 Å². The van der Waals surface area contributed by atoms with E-state index in [4.69, 9.17) is 16.6 Å². The largest absolute Gasteiger partial charge is 0.352 e. The van der Waals surface area contributed by atoms with Gasteiger partial charge in [0, 0.05) is 30.1 Å². The van der Waals surface area contributed by atoms with Gasteiger partial charge in [-0.1, -0.05) is 59.6 Å². The van der Waals surface area contributed by atoms with E-state index in [0.717, 1.165) is 36.2 Å². The van der Waals surface area contributed by atoms with Crippen LogP contribution in [-0.4, -0.2) is 22.0 Å². The highest BCUT2D eigenvalue weighted by Crippen LogP contribution is 2.19. The van der Waals surface area contributed by atoms with Gasteiger partial charge in [-0.25, -0.2) is 4.98 Å². The van der Waals surface area contributed by atoms with Gasteiger partial charge in [0.25, 0.3) is 5.91 Å². The quantitative estimate of drug-likeness (QED) is 0.409. The van der Waals surface area contributed by atoms with Crippen molar-refractivity contribution in [3.63, 3.8) is 0 Å². The lowest BCUT2D eigenvalue weighted by Gasteiger charge is -2.10. The van der Waals surface area contributed by atoms with Crippen LogP contribution in [0.5, 0.6) is 0 Å². The molecule has 0 bridgehead atoms. The van der Waals surface area contributed by atoms with Crippen molar-refractivity contribution in [2.45, 2.75) is 26.3 Å². The first kappa shape index (κ1) is 20.2. The Balaban J connectivity index is 1.44. The Bertz CT molecular complexity index is 1160. The number of hydrogen-bond donors (Lipinski definition) is 1. The van der Waals surface area contributed by atoms with Gasteiger partial charge in [0.2, 0.25) is 0 Å². The molecule has 5 heteroatoms. The number of nitrogens with one attached hydrogen (secondary N) is 1. The average Bonchev–Trinajstić information content (AvgIpc) is 3.10. The van der Waals surface area contributed by atoms with E-state index in [9.17, 15) is 4.79 Å². The van der Waals surface area contributed by atoms with Crippen molar-refractivity contribution in [1.29, 1.82) is 0 Å². The van der Waals surface area contributed by atoms with Crippen molar-refractivity contribution < 1.29 is 4.79 Å². The van der Waals surface area contributed by atoms with Crippen LogP contribution in [0, 0.1) is 6.92 Å². The highest BCUT2D eigenvalue weighted by molar-refractivity contribution is 6.30.